The van der Waals surface area contributed by atoms with Crippen molar-refractivity contribution in [2.45, 2.75) is 197 Å². The van der Waals surface area contributed by atoms with Gasteiger partial charge in [0, 0.05) is 5.92 Å². The van der Waals surface area contributed by atoms with E-state index in [2.05, 4.69) is 34.6 Å². The summed E-state index contributed by atoms with van der Waals surface area (Å²) in [4.78, 5) is 0. The maximum Gasteiger partial charge on any atom is 0.186 e. The first-order chi connectivity index (χ1) is 25.5. The van der Waals surface area contributed by atoms with Crippen molar-refractivity contribution in [3.8, 4) is 0 Å². The molecule has 3 heterocycles. The average molecular weight is 785 g/mol. The lowest BCUT2D eigenvalue weighted by molar-refractivity contribution is -0.339. The second-order valence-corrected chi connectivity index (χ2v) is 21.1. The number of rotatable bonds is 7. The molecule has 5 saturated carbocycles. The molecule has 21 atom stereocenters. The van der Waals surface area contributed by atoms with Gasteiger partial charge >= 0.3 is 0 Å². The van der Waals surface area contributed by atoms with E-state index in [0.717, 1.165) is 32.1 Å². The monoisotopic (exact) mass is 784 g/mol. The fourth-order valence-electron chi connectivity index (χ4n) is 14.9. The van der Waals surface area contributed by atoms with Crippen LogP contribution in [-0.4, -0.2) is 150 Å². The molecule has 0 aromatic heterocycles. The van der Waals surface area contributed by atoms with E-state index in [1.165, 1.54) is 0 Å². The van der Waals surface area contributed by atoms with Crippen molar-refractivity contribution in [3.63, 3.8) is 0 Å². The van der Waals surface area contributed by atoms with Crippen LogP contribution in [0.15, 0.2) is 0 Å². The molecule has 14 heteroatoms. The Labute approximate surface area is 324 Å². The Morgan fingerprint density at radius 2 is 1.40 bits per heavy atom. The van der Waals surface area contributed by atoms with Crippen molar-refractivity contribution in [2.24, 2.45) is 44.8 Å². The van der Waals surface area contributed by atoms with Gasteiger partial charge in [-0.1, -0.05) is 27.7 Å². The maximum atomic E-state index is 12.2. The summed E-state index contributed by atoms with van der Waals surface area (Å²) in [7, 11) is 0. The molecule has 0 radical (unpaired) electrons. The zero-order chi connectivity index (χ0) is 40.1. The van der Waals surface area contributed by atoms with Gasteiger partial charge < -0.3 is 69.6 Å². The molecule has 316 valence electrons. The molecule has 0 aromatic rings. The molecule has 55 heavy (non-hydrogen) atoms. The van der Waals surface area contributed by atoms with Crippen molar-refractivity contribution in [1.82, 2.24) is 0 Å². The smallest absolute Gasteiger partial charge is 0.186 e. The fourth-order valence-corrected chi connectivity index (χ4v) is 14.9. The topological polar surface area (TPSA) is 228 Å². The van der Waals surface area contributed by atoms with E-state index in [9.17, 15) is 46.0 Å². The van der Waals surface area contributed by atoms with Crippen LogP contribution in [0, 0.1) is 44.8 Å². The summed E-state index contributed by atoms with van der Waals surface area (Å²) in [5, 5.41) is 97.2. The minimum atomic E-state index is -1.60. The first-order valence-electron chi connectivity index (χ1n) is 20.9. The van der Waals surface area contributed by atoms with E-state index >= 15 is 0 Å². The summed E-state index contributed by atoms with van der Waals surface area (Å²) < 4.78 is 31.9. The van der Waals surface area contributed by atoms with Crippen molar-refractivity contribution in [2.75, 3.05) is 13.2 Å². The molecule has 8 fully saturated rings. The van der Waals surface area contributed by atoms with Crippen molar-refractivity contribution >= 4 is 0 Å². The number of fused-ring (bicyclic) bond motifs is 2. The van der Waals surface area contributed by atoms with Gasteiger partial charge in [-0.05, 0) is 117 Å². The number of ether oxygens (including phenoxy) is 5. The summed E-state index contributed by atoms with van der Waals surface area (Å²) in [5.41, 5.74) is -3.16. The number of aliphatic hydroxyl groups is 9. The van der Waals surface area contributed by atoms with E-state index in [1.807, 2.05) is 0 Å². The third kappa shape index (κ3) is 5.70. The summed E-state index contributed by atoms with van der Waals surface area (Å²) in [6.07, 6.45) is -7.48. The van der Waals surface area contributed by atoms with E-state index in [-0.39, 0.29) is 52.1 Å². The van der Waals surface area contributed by atoms with E-state index in [1.54, 1.807) is 13.8 Å². The predicted octanol–water partition coefficient (Wildman–Crippen LogP) is 0.724. The van der Waals surface area contributed by atoms with Gasteiger partial charge in [0.05, 0.1) is 48.8 Å². The van der Waals surface area contributed by atoms with Crippen LogP contribution in [-0.2, 0) is 23.7 Å². The standard InChI is InChI=1S/C41H68O14/c1-35(2)24(54-33-29(48)26(45)20(44)17-51-33)9-11-41-18-40(41)13-12-37(5)31(39(7)10-8-25(55-39)36(3,4)50)19(43)15-38(37,6)23(40)14-21(32(35)41)52-34-30(49)28(47)27(46)22(16-42)53-34/h19-34,42-50H,8-18H2,1-7H3/t19-,20+,21-,22?,23-,24-,25?,26-,27+,28-,29+,30+,31-,32-,33-,34+,37?,38-,39+,40?,41+/m0/s1. The molecule has 3 aliphatic heterocycles. The predicted molar refractivity (Wildman–Crippen MR) is 194 cm³/mol. The zero-order valence-electron chi connectivity index (χ0n) is 33.6. The summed E-state index contributed by atoms with van der Waals surface area (Å²) >= 11 is 0. The minimum absolute atomic E-state index is 0.0633. The first kappa shape index (κ1) is 41.2. The molecular formula is C41H68O14. The minimum Gasteiger partial charge on any atom is -0.394 e. The molecule has 3 saturated heterocycles. The molecule has 8 rings (SSSR count). The van der Waals surface area contributed by atoms with Gasteiger partial charge in [0.2, 0.25) is 0 Å². The molecule has 8 aliphatic rings. The highest BCUT2D eigenvalue weighted by Gasteiger charge is 2.85. The Balaban J connectivity index is 1.15. The Bertz CT molecular complexity index is 1460. The average Bonchev–Trinajstić information content (AvgIpc) is 3.47. The van der Waals surface area contributed by atoms with Crippen molar-refractivity contribution in [1.29, 1.82) is 0 Å². The van der Waals surface area contributed by atoms with Crippen LogP contribution in [0.1, 0.15) is 106 Å². The number of hydrogen-bond acceptors (Lipinski definition) is 14. The number of aliphatic hydroxyl groups excluding tert-OH is 8. The molecule has 4 unspecified atom stereocenters. The Kier molecular flexibility index (Phi) is 9.90. The largest absolute Gasteiger partial charge is 0.394 e. The van der Waals surface area contributed by atoms with Crippen molar-refractivity contribution < 1.29 is 69.6 Å². The summed E-state index contributed by atoms with van der Waals surface area (Å²) in [5.74, 6) is -0.215. The molecule has 5 aliphatic carbocycles. The third-order valence-corrected chi connectivity index (χ3v) is 17.6. The molecule has 2 spiro atoms. The van der Waals surface area contributed by atoms with E-state index in [4.69, 9.17) is 23.7 Å². The second-order valence-electron chi connectivity index (χ2n) is 21.1. The van der Waals surface area contributed by atoms with Gasteiger partial charge in [0.25, 0.3) is 0 Å². The lowest BCUT2D eigenvalue weighted by Crippen LogP contribution is -2.65. The Morgan fingerprint density at radius 1 is 0.709 bits per heavy atom. The SMILES string of the molecule is CC(C)(O)C1CC[C@](C)([C@H]2[C@@H](O)C[C@@]3(C)[C@@H]4C[C@H](O[C@@H]5OC(CO)[C@@H](O)[C@H](O)[C@H]5O)[C@H]5C(C)(C)[C@@H](O[C@@H]6OC[C@@H](O)[C@H](O)[C@H]6O)CC[C@@]56CC46CCC23C)O1. The van der Waals surface area contributed by atoms with Crippen LogP contribution in [0.5, 0.6) is 0 Å². The van der Waals surface area contributed by atoms with Crippen molar-refractivity contribution in [3.05, 3.63) is 0 Å². The highest BCUT2D eigenvalue weighted by Crippen LogP contribution is 2.89. The highest BCUT2D eigenvalue weighted by atomic mass is 16.7. The number of hydrogen-bond donors (Lipinski definition) is 9. The van der Waals surface area contributed by atoms with Gasteiger partial charge in [-0.25, -0.2) is 0 Å². The van der Waals surface area contributed by atoms with Gasteiger partial charge in [-0.3, -0.25) is 0 Å². The van der Waals surface area contributed by atoms with Crippen LogP contribution in [0.4, 0.5) is 0 Å². The van der Waals surface area contributed by atoms with Gasteiger partial charge in [0.1, 0.15) is 42.7 Å². The Hall–Kier alpha value is -0.560. The Morgan fingerprint density at radius 3 is 2.05 bits per heavy atom. The van der Waals surface area contributed by atoms with Crippen LogP contribution in [0.25, 0.3) is 0 Å². The molecule has 9 N–H and O–H groups in total. The highest BCUT2D eigenvalue weighted by molar-refractivity contribution is 5.33. The van der Waals surface area contributed by atoms with Crippen LogP contribution < -0.4 is 0 Å². The van der Waals surface area contributed by atoms with Crippen LogP contribution >= 0.6 is 0 Å². The van der Waals surface area contributed by atoms with Gasteiger partial charge in [-0.2, -0.15) is 0 Å². The lowest BCUT2D eigenvalue weighted by atomic mass is 9.41. The quantitative estimate of drug-likeness (QED) is 0.162. The molecule has 0 bridgehead atoms. The van der Waals surface area contributed by atoms with E-state index < -0.39 is 96.8 Å². The summed E-state index contributed by atoms with van der Waals surface area (Å²) in [6, 6.07) is 0. The van der Waals surface area contributed by atoms with Crippen LogP contribution in [0.2, 0.25) is 0 Å². The maximum absolute atomic E-state index is 12.2. The molecular weight excluding hydrogens is 716 g/mol. The lowest BCUT2D eigenvalue weighted by Gasteiger charge is -2.65. The normalized spacial score (nSPS) is 58.7. The fraction of sp³-hybridized carbons (Fsp3) is 1.00. The second kappa shape index (κ2) is 13.2. The molecule has 14 nitrogen and oxygen atoms in total. The zero-order valence-corrected chi connectivity index (χ0v) is 33.6. The van der Waals surface area contributed by atoms with E-state index in [0.29, 0.717) is 25.7 Å². The van der Waals surface area contributed by atoms with Gasteiger partial charge in [-0.15, -0.1) is 0 Å². The third-order valence-electron chi connectivity index (χ3n) is 17.6. The summed E-state index contributed by atoms with van der Waals surface area (Å²) in [6.45, 7) is 13.8. The first-order valence-corrected chi connectivity index (χ1v) is 20.9. The van der Waals surface area contributed by atoms with Crippen LogP contribution in [0.3, 0.4) is 0 Å². The molecule has 0 amide bonds. The van der Waals surface area contributed by atoms with Gasteiger partial charge in [0.15, 0.2) is 12.6 Å². The molecule has 0 aromatic carbocycles.